The number of rotatable bonds is 8. The Hall–Kier alpha value is -0.580. The standard InChI is InChI=1S/C15H22ClNO2S/c1-2-3-9-17(15-7-8-15)20(18,19)12-14-6-4-5-13(10-14)11-16/h4-6,10,15H,2-3,7-9,11-12H2,1H3. The van der Waals surface area contributed by atoms with Crippen molar-refractivity contribution in [3.05, 3.63) is 35.4 Å². The third-order valence-electron chi connectivity index (χ3n) is 3.54. The van der Waals surface area contributed by atoms with E-state index < -0.39 is 10.0 Å². The van der Waals surface area contributed by atoms with Crippen LogP contribution in [-0.2, 0) is 21.7 Å². The first-order chi connectivity index (χ1) is 9.56. The highest BCUT2D eigenvalue weighted by atomic mass is 35.5. The number of nitrogens with zero attached hydrogens (tertiary/aromatic N) is 1. The Morgan fingerprint density at radius 3 is 2.60 bits per heavy atom. The van der Waals surface area contributed by atoms with Crippen molar-refractivity contribution >= 4 is 21.6 Å². The Morgan fingerprint density at radius 1 is 1.30 bits per heavy atom. The molecule has 112 valence electrons. The SMILES string of the molecule is CCCCN(C1CC1)S(=O)(=O)Cc1cccc(CCl)c1. The lowest BCUT2D eigenvalue weighted by molar-refractivity contribution is 0.395. The highest BCUT2D eigenvalue weighted by Crippen LogP contribution is 2.30. The summed E-state index contributed by atoms with van der Waals surface area (Å²) in [5, 5.41) is 0. The average Bonchev–Trinajstić information content (AvgIpc) is 3.23. The van der Waals surface area contributed by atoms with Crippen molar-refractivity contribution < 1.29 is 8.42 Å². The number of unbranched alkanes of at least 4 members (excludes halogenated alkanes) is 1. The zero-order valence-corrected chi connectivity index (χ0v) is 13.5. The van der Waals surface area contributed by atoms with Gasteiger partial charge in [0, 0.05) is 18.5 Å². The molecule has 3 nitrogen and oxygen atoms in total. The molecular formula is C15H22ClNO2S. The summed E-state index contributed by atoms with van der Waals surface area (Å²) in [6.07, 6.45) is 3.95. The Kier molecular flexibility index (Phi) is 5.47. The topological polar surface area (TPSA) is 37.4 Å². The van der Waals surface area contributed by atoms with E-state index in [0.717, 1.165) is 36.8 Å². The Morgan fingerprint density at radius 2 is 2.00 bits per heavy atom. The first-order valence-electron chi connectivity index (χ1n) is 7.20. The van der Waals surface area contributed by atoms with Crippen molar-refractivity contribution in [1.29, 1.82) is 0 Å². The molecule has 0 unspecified atom stereocenters. The molecule has 0 saturated heterocycles. The Bertz CT molecular complexity index is 541. The third kappa shape index (κ3) is 4.21. The summed E-state index contributed by atoms with van der Waals surface area (Å²) in [4.78, 5) is 0. The van der Waals surface area contributed by atoms with Crippen molar-refractivity contribution in [3.63, 3.8) is 0 Å². The van der Waals surface area contributed by atoms with Gasteiger partial charge in [-0.25, -0.2) is 8.42 Å². The second kappa shape index (κ2) is 6.92. The molecule has 0 bridgehead atoms. The molecule has 2 rings (SSSR count). The third-order valence-corrected chi connectivity index (χ3v) is 5.74. The van der Waals surface area contributed by atoms with Crippen LogP contribution in [-0.4, -0.2) is 25.3 Å². The summed E-state index contributed by atoms with van der Waals surface area (Å²) >= 11 is 5.80. The number of sulfonamides is 1. The van der Waals surface area contributed by atoms with E-state index in [4.69, 9.17) is 11.6 Å². The summed E-state index contributed by atoms with van der Waals surface area (Å²) in [6.45, 7) is 2.74. The average molecular weight is 316 g/mol. The molecule has 20 heavy (non-hydrogen) atoms. The van der Waals surface area contributed by atoms with E-state index >= 15 is 0 Å². The fourth-order valence-electron chi connectivity index (χ4n) is 2.32. The van der Waals surface area contributed by atoms with E-state index in [-0.39, 0.29) is 11.8 Å². The van der Waals surface area contributed by atoms with Gasteiger partial charge in [0.1, 0.15) is 0 Å². The number of hydrogen-bond acceptors (Lipinski definition) is 2. The lowest BCUT2D eigenvalue weighted by Gasteiger charge is -2.21. The zero-order chi connectivity index (χ0) is 14.6. The van der Waals surface area contributed by atoms with Crippen LogP contribution in [0.25, 0.3) is 0 Å². The van der Waals surface area contributed by atoms with Crippen molar-refractivity contribution in [1.82, 2.24) is 4.31 Å². The number of alkyl halides is 1. The maximum absolute atomic E-state index is 12.6. The fourth-order valence-corrected chi connectivity index (χ4v) is 4.33. The molecule has 0 N–H and O–H groups in total. The van der Waals surface area contributed by atoms with Gasteiger partial charge in [-0.15, -0.1) is 11.6 Å². The van der Waals surface area contributed by atoms with Crippen molar-refractivity contribution in [2.75, 3.05) is 6.54 Å². The Balaban J connectivity index is 2.11. The summed E-state index contributed by atoms with van der Waals surface area (Å²) < 4.78 is 26.9. The van der Waals surface area contributed by atoms with Gasteiger partial charge in [-0.3, -0.25) is 0 Å². The molecule has 0 aliphatic heterocycles. The minimum Gasteiger partial charge on any atom is -0.212 e. The van der Waals surface area contributed by atoms with Crippen LogP contribution >= 0.6 is 11.6 Å². The molecule has 0 radical (unpaired) electrons. The predicted octanol–water partition coefficient (Wildman–Crippen LogP) is 3.52. The van der Waals surface area contributed by atoms with Crippen molar-refractivity contribution in [3.8, 4) is 0 Å². The van der Waals surface area contributed by atoms with E-state index in [0.29, 0.717) is 12.4 Å². The van der Waals surface area contributed by atoms with E-state index in [1.165, 1.54) is 0 Å². The summed E-state index contributed by atoms with van der Waals surface area (Å²) in [5.41, 5.74) is 1.79. The van der Waals surface area contributed by atoms with Crippen LogP contribution in [0.1, 0.15) is 43.7 Å². The largest absolute Gasteiger partial charge is 0.218 e. The van der Waals surface area contributed by atoms with Gasteiger partial charge >= 0.3 is 0 Å². The van der Waals surface area contributed by atoms with Gasteiger partial charge in [0.15, 0.2) is 0 Å². The minimum atomic E-state index is -3.22. The molecular weight excluding hydrogens is 294 g/mol. The molecule has 0 spiro atoms. The summed E-state index contributed by atoms with van der Waals surface area (Å²) in [6, 6.07) is 7.77. The van der Waals surface area contributed by atoms with E-state index in [2.05, 4.69) is 6.92 Å². The second-order valence-corrected chi connectivity index (χ2v) is 7.59. The van der Waals surface area contributed by atoms with Crippen LogP contribution in [0.2, 0.25) is 0 Å². The fraction of sp³-hybridized carbons (Fsp3) is 0.600. The first-order valence-corrected chi connectivity index (χ1v) is 9.34. The lowest BCUT2D eigenvalue weighted by Crippen LogP contribution is -2.35. The van der Waals surface area contributed by atoms with Gasteiger partial charge in [-0.1, -0.05) is 37.6 Å². The second-order valence-electron chi connectivity index (χ2n) is 5.41. The van der Waals surface area contributed by atoms with Gasteiger partial charge in [-0.05, 0) is 30.4 Å². The van der Waals surface area contributed by atoms with Gasteiger partial charge in [-0.2, -0.15) is 4.31 Å². The van der Waals surface area contributed by atoms with E-state index in [1.54, 1.807) is 4.31 Å². The quantitative estimate of drug-likeness (QED) is 0.688. The molecule has 1 saturated carbocycles. The normalized spacial score (nSPS) is 15.8. The number of benzene rings is 1. The van der Waals surface area contributed by atoms with Crippen molar-refractivity contribution in [2.45, 2.75) is 50.3 Å². The van der Waals surface area contributed by atoms with Gasteiger partial charge in [0.25, 0.3) is 0 Å². The molecule has 0 heterocycles. The molecule has 0 amide bonds. The van der Waals surface area contributed by atoms with Crippen LogP contribution < -0.4 is 0 Å². The predicted molar refractivity (Wildman–Crippen MR) is 83.3 cm³/mol. The maximum atomic E-state index is 12.6. The van der Waals surface area contributed by atoms with E-state index in [1.807, 2.05) is 24.3 Å². The lowest BCUT2D eigenvalue weighted by atomic mass is 10.2. The van der Waals surface area contributed by atoms with Gasteiger partial charge in [0.2, 0.25) is 10.0 Å². The zero-order valence-electron chi connectivity index (χ0n) is 11.9. The Labute approximate surface area is 127 Å². The number of hydrogen-bond donors (Lipinski definition) is 0. The number of halogens is 1. The molecule has 1 aliphatic rings. The highest BCUT2D eigenvalue weighted by molar-refractivity contribution is 7.88. The van der Waals surface area contributed by atoms with Gasteiger partial charge in [0.05, 0.1) is 5.75 Å². The van der Waals surface area contributed by atoms with Crippen LogP contribution in [0.4, 0.5) is 0 Å². The van der Waals surface area contributed by atoms with Crippen LogP contribution in [0.15, 0.2) is 24.3 Å². The summed E-state index contributed by atoms with van der Waals surface area (Å²) in [7, 11) is -3.22. The van der Waals surface area contributed by atoms with Crippen molar-refractivity contribution in [2.24, 2.45) is 0 Å². The molecule has 1 aliphatic carbocycles. The van der Waals surface area contributed by atoms with E-state index in [9.17, 15) is 8.42 Å². The van der Waals surface area contributed by atoms with Crippen LogP contribution in [0, 0.1) is 0 Å². The molecule has 0 aromatic heterocycles. The molecule has 1 aromatic carbocycles. The maximum Gasteiger partial charge on any atom is 0.218 e. The smallest absolute Gasteiger partial charge is 0.212 e. The molecule has 1 fully saturated rings. The molecule has 1 aromatic rings. The summed E-state index contributed by atoms with van der Waals surface area (Å²) in [5.74, 6) is 0.494. The molecule has 0 atom stereocenters. The van der Waals surface area contributed by atoms with Crippen LogP contribution in [0.3, 0.4) is 0 Å². The monoisotopic (exact) mass is 315 g/mol. The van der Waals surface area contributed by atoms with Gasteiger partial charge < -0.3 is 0 Å². The first kappa shape index (κ1) is 15.8. The highest BCUT2D eigenvalue weighted by Gasteiger charge is 2.36. The van der Waals surface area contributed by atoms with Crippen LogP contribution in [0.5, 0.6) is 0 Å². The minimum absolute atomic E-state index is 0.0813. The molecule has 5 heteroatoms.